The van der Waals surface area contributed by atoms with Gasteiger partial charge in [0.15, 0.2) is 11.5 Å². The number of aromatic nitrogens is 10. The molecule has 25 heteroatoms. The normalized spacial score (nSPS) is 10.2. The van der Waals surface area contributed by atoms with E-state index >= 15 is 0 Å². The molecule has 12 rings (SSSR count). The van der Waals surface area contributed by atoms with Crippen molar-refractivity contribution in [3.63, 3.8) is 0 Å². The highest BCUT2D eigenvalue weighted by molar-refractivity contribution is 9.08. The van der Waals surface area contributed by atoms with Crippen LogP contribution in [0, 0.1) is 20.2 Å². The third-order valence-electron chi connectivity index (χ3n) is 10.8. The molecule has 416 valence electrons. The molecule has 8 aromatic heterocycles. The maximum absolute atomic E-state index is 12.4. The van der Waals surface area contributed by atoms with Crippen LogP contribution in [0.5, 0.6) is 0 Å². The fourth-order valence-corrected chi connectivity index (χ4v) is 7.32. The molecule has 24 nitrogen and oxygen atoms in total. The lowest BCUT2D eigenvalue weighted by Crippen LogP contribution is -2.02. The summed E-state index contributed by atoms with van der Waals surface area (Å²) in [5, 5.41) is 55.1. The highest BCUT2D eigenvalue weighted by Gasteiger charge is 2.17. The van der Waals surface area contributed by atoms with Crippen molar-refractivity contribution in [1.82, 2.24) is 49.9 Å². The summed E-state index contributed by atoms with van der Waals surface area (Å²) in [6, 6.07) is 49.9. The Balaban J connectivity index is 0.000000149. The fraction of sp³-hybridized carbons (Fsp3) is 0.0877. The molecule has 0 radical (unpaired) electrons. The van der Waals surface area contributed by atoms with Crippen molar-refractivity contribution in [2.24, 2.45) is 0 Å². The van der Waals surface area contributed by atoms with Crippen molar-refractivity contribution in [3.8, 4) is 22.9 Å². The number of H-pyrrole nitrogens is 1. The Morgan fingerprint density at radius 2 is 1.02 bits per heavy atom. The number of nitrogen functional groups attached to an aromatic ring is 1. The van der Waals surface area contributed by atoms with Crippen molar-refractivity contribution in [2.45, 2.75) is 31.4 Å². The first-order valence-corrected chi connectivity index (χ1v) is 25.6. The molecule has 82 heavy (non-hydrogen) atoms. The molecule has 4 aromatic carbocycles. The van der Waals surface area contributed by atoms with E-state index in [4.69, 9.17) is 24.2 Å². The van der Waals surface area contributed by atoms with Crippen LogP contribution in [0.15, 0.2) is 238 Å². The van der Waals surface area contributed by atoms with Gasteiger partial charge in [-0.1, -0.05) is 148 Å². The molecule has 8 heterocycles. The van der Waals surface area contributed by atoms with E-state index in [1.54, 1.807) is 53.7 Å². The topological polar surface area (TPSA) is 327 Å². The number of carboxylic acids is 1. The number of anilines is 1. The van der Waals surface area contributed by atoms with Gasteiger partial charge in [0, 0.05) is 36.3 Å². The summed E-state index contributed by atoms with van der Waals surface area (Å²) in [6.07, 6.45) is 15.3. The maximum atomic E-state index is 12.4. The summed E-state index contributed by atoms with van der Waals surface area (Å²) >= 11 is 3.36. The summed E-state index contributed by atoms with van der Waals surface area (Å²) in [4.78, 5) is 42.0. The number of nitro groups is 2. The van der Waals surface area contributed by atoms with E-state index in [1.807, 2.05) is 119 Å². The Morgan fingerprint density at radius 1 is 0.561 bits per heavy atom. The standard InChI is InChI=1S/C19H15N3O3.C10H9N3O2.C10H11N3.C8H5NO4.C7H7Br.C3H3N3O2/c23-17(19-10-16(21-25-19)18-7-4-8-24-18)9-15-11-20-22(13-15)12-14-5-2-1-3-6-14;14-13(15)10-6-11-12(8-10)7-9-4-2-1-3-5-9;11-10-6-12-13(8-10)7-9-4-2-1-3-5-9;10-8(11)7-4-5(9-13-7)6-2-1-3-12-6;8-6-7-4-2-1-3-5-7;7-6(8)3-1-4-5-2-3/h1-8,10-11,13H,9,12H2;1-6,8H,7H2;1-6,8H,7,11H2;1-4H,(H,10,11);1-5H,6H2;1-2H,(H,4,5). The number of ketones is 1. The quantitative estimate of drug-likeness (QED) is 0.0371. The fourth-order valence-electron chi connectivity index (χ4n) is 6.94. The van der Waals surface area contributed by atoms with Gasteiger partial charge in [-0.3, -0.25) is 44.2 Å². The highest BCUT2D eigenvalue weighted by atomic mass is 79.9. The summed E-state index contributed by atoms with van der Waals surface area (Å²) in [7, 11) is 0. The number of hydrogen-bond acceptors (Lipinski definition) is 17. The van der Waals surface area contributed by atoms with Crippen LogP contribution in [0.1, 0.15) is 48.9 Å². The lowest BCUT2D eigenvalue weighted by atomic mass is 10.1. The first kappa shape index (κ1) is 58.6. The van der Waals surface area contributed by atoms with E-state index in [2.05, 4.69) is 80.5 Å². The molecule has 0 aliphatic rings. The summed E-state index contributed by atoms with van der Waals surface area (Å²) in [5.74, 6) is -0.238. The van der Waals surface area contributed by atoms with E-state index in [0.29, 0.717) is 41.7 Å². The lowest BCUT2D eigenvalue weighted by molar-refractivity contribution is -0.385. The first-order chi connectivity index (χ1) is 39.9. The van der Waals surface area contributed by atoms with E-state index in [1.165, 1.54) is 42.0 Å². The van der Waals surface area contributed by atoms with Crippen molar-refractivity contribution in [2.75, 3.05) is 5.73 Å². The van der Waals surface area contributed by atoms with Gasteiger partial charge in [-0.05, 0) is 52.1 Å². The molecular formula is C57H50BrN13O11. The Morgan fingerprint density at radius 3 is 1.41 bits per heavy atom. The van der Waals surface area contributed by atoms with E-state index in [-0.39, 0.29) is 35.1 Å². The minimum atomic E-state index is -1.15. The van der Waals surface area contributed by atoms with Crippen LogP contribution in [0.25, 0.3) is 22.9 Å². The molecule has 0 spiro atoms. The number of carbonyl (C=O) groups excluding carboxylic acids is 1. The number of carboxylic acid groups (broad SMARTS) is 1. The third-order valence-corrected chi connectivity index (χ3v) is 11.5. The minimum absolute atomic E-state index is 0.00926. The second-order valence-corrected chi connectivity index (χ2v) is 17.5. The zero-order valence-corrected chi connectivity index (χ0v) is 44.8. The number of aromatic carboxylic acids is 1. The second kappa shape index (κ2) is 30.8. The van der Waals surface area contributed by atoms with Crippen molar-refractivity contribution >= 4 is 44.7 Å². The van der Waals surface area contributed by atoms with Crippen molar-refractivity contribution in [1.29, 1.82) is 0 Å². The predicted molar refractivity (Wildman–Crippen MR) is 302 cm³/mol. The number of halogens is 1. The molecule has 0 aliphatic heterocycles. The highest BCUT2D eigenvalue weighted by Crippen LogP contribution is 2.21. The molecule has 12 aromatic rings. The number of aromatic amines is 1. The van der Waals surface area contributed by atoms with Gasteiger partial charge in [-0.25, -0.2) is 4.79 Å². The molecule has 0 unspecified atom stereocenters. The average molecular weight is 1170 g/mol. The van der Waals surface area contributed by atoms with Crippen LogP contribution in [-0.2, 0) is 31.4 Å². The predicted octanol–water partition coefficient (Wildman–Crippen LogP) is 11.5. The Labute approximate surface area is 474 Å². The van der Waals surface area contributed by atoms with Crippen molar-refractivity contribution in [3.05, 3.63) is 279 Å². The van der Waals surface area contributed by atoms with Gasteiger partial charge in [-0.2, -0.15) is 20.4 Å². The number of benzene rings is 4. The monoisotopic (exact) mass is 1170 g/mol. The van der Waals surface area contributed by atoms with E-state index < -0.39 is 15.8 Å². The summed E-state index contributed by atoms with van der Waals surface area (Å²) in [5.41, 5.74) is 12.8. The number of nitrogens with two attached hydrogens (primary N) is 1. The van der Waals surface area contributed by atoms with Gasteiger partial charge in [0.25, 0.3) is 0 Å². The van der Waals surface area contributed by atoms with Gasteiger partial charge < -0.3 is 28.7 Å². The minimum Gasteiger partial charge on any atom is -0.475 e. The molecule has 0 fully saturated rings. The Kier molecular flexibility index (Phi) is 22.0. The first-order valence-electron chi connectivity index (χ1n) is 24.5. The van der Waals surface area contributed by atoms with Gasteiger partial charge >= 0.3 is 17.3 Å². The van der Waals surface area contributed by atoms with Gasteiger partial charge in [0.05, 0.1) is 66.3 Å². The SMILES string of the molecule is BrCc1ccccc1.Nc1cnn(Cc2ccccc2)c1.O=C(Cc1cnn(Cc2ccccc2)c1)c1cc(-c2ccco2)no1.O=C(O)c1cc(-c2ccco2)no1.O=[N+]([O-])c1cn[nH]c1.O=[N+]([O-])c1cnn(Cc2ccccc2)c1. The number of furan rings is 2. The van der Waals surface area contributed by atoms with Gasteiger partial charge in [0.1, 0.15) is 30.0 Å². The number of nitrogens with one attached hydrogen (secondary N) is 1. The van der Waals surface area contributed by atoms with Crippen LogP contribution >= 0.6 is 15.9 Å². The number of nitrogens with zero attached hydrogens (tertiary/aromatic N) is 11. The van der Waals surface area contributed by atoms with Crippen LogP contribution in [0.3, 0.4) is 0 Å². The molecule has 0 saturated heterocycles. The van der Waals surface area contributed by atoms with E-state index in [9.17, 15) is 29.8 Å². The van der Waals surface area contributed by atoms with Crippen LogP contribution in [0.4, 0.5) is 17.1 Å². The third kappa shape index (κ3) is 19.1. The number of carbonyl (C=O) groups is 2. The lowest BCUT2D eigenvalue weighted by Gasteiger charge is -2.00. The smallest absolute Gasteiger partial charge is 0.374 e. The number of hydrogen-bond donors (Lipinski definition) is 3. The Bertz CT molecular complexity index is 3770. The molecule has 0 amide bonds. The zero-order chi connectivity index (χ0) is 57.9. The van der Waals surface area contributed by atoms with Gasteiger partial charge in [0.2, 0.25) is 17.3 Å². The van der Waals surface area contributed by atoms with Gasteiger partial charge in [-0.15, -0.1) is 0 Å². The maximum Gasteiger partial charge on any atom is 0.374 e. The zero-order valence-electron chi connectivity index (χ0n) is 43.2. The molecule has 0 aliphatic carbocycles. The van der Waals surface area contributed by atoms with Crippen LogP contribution in [0.2, 0.25) is 0 Å². The number of rotatable bonds is 15. The molecule has 0 bridgehead atoms. The van der Waals surface area contributed by atoms with Crippen molar-refractivity contribution < 1.29 is 42.4 Å². The van der Waals surface area contributed by atoms with E-state index in [0.717, 1.165) is 34.8 Å². The molecule has 4 N–H and O–H groups in total. The second-order valence-electron chi connectivity index (χ2n) is 17.0. The molecule has 0 atom stereocenters. The number of alkyl halides is 1. The number of Topliss-reactive ketones (excluding diaryl/α,β-unsaturated/α-hetero) is 1. The van der Waals surface area contributed by atoms with Crippen LogP contribution < -0.4 is 5.73 Å². The average Bonchev–Trinajstić information content (AvgIpc) is 4.39. The largest absolute Gasteiger partial charge is 0.475 e. The summed E-state index contributed by atoms with van der Waals surface area (Å²) in [6.45, 7) is 1.99. The Hall–Kier alpha value is -11.1. The molecule has 0 saturated carbocycles. The molecular weight excluding hydrogens is 1120 g/mol. The summed E-state index contributed by atoms with van der Waals surface area (Å²) < 4.78 is 25.1. The van der Waals surface area contributed by atoms with Crippen LogP contribution in [-0.4, -0.2) is 76.6 Å².